The van der Waals surface area contributed by atoms with Crippen LogP contribution in [0.1, 0.15) is 36.5 Å². The van der Waals surface area contributed by atoms with Crippen LogP contribution in [0.3, 0.4) is 0 Å². The highest BCUT2D eigenvalue weighted by Gasteiger charge is 2.28. The van der Waals surface area contributed by atoms with Crippen LogP contribution < -0.4 is 0 Å². The number of aliphatic hydroxyl groups excluding tert-OH is 1. The lowest BCUT2D eigenvalue weighted by Crippen LogP contribution is -2.24. The van der Waals surface area contributed by atoms with E-state index in [9.17, 15) is 15.3 Å². The molecule has 0 aromatic heterocycles. The fourth-order valence-corrected chi connectivity index (χ4v) is 2.72. The minimum atomic E-state index is -0.269. The second-order valence-corrected chi connectivity index (χ2v) is 5.71. The Morgan fingerprint density at radius 3 is 2.14 bits per heavy atom. The van der Waals surface area contributed by atoms with Gasteiger partial charge in [-0.2, -0.15) is 0 Å². The van der Waals surface area contributed by atoms with Crippen LogP contribution in [0, 0.1) is 6.92 Å². The van der Waals surface area contributed by atoms with Crippen molar-refractivity contribution in [1.29, 1.82) is 0 Å². The van der Waals surface area contributed by atoms with Gasteiger partial charge in [0.1, 0.15) is 11.5 Å². The first-order valence-electron chi connectivity index (χ1n) is 7.18. The first kappa shape index (κ1) is 15.4. The average molecular weight is 286 g/mol. The Morgan fingerprint density at radius 1 is 0.952 bits per heavy atom. The van der Waals surface area contributed by atoms with Gasteiger partial charge < -0.3 is 15.3 Å². The summed E-state index contributed by atoms with van der Waals surface area (Å²) in [5.74, 6) is 0.527. The highest BCUT2D eigenvalue weighted by atomic mass is 16.3. The summed E-state index contributed by atoms with van der Waals surface area (Å²) in [6, 6.07) is 12.8. The molecule has 0 saturated carbocycles. The molecule has 1 atom stereocenters. The van der Waals surface area contributed by atoms with E-state index in [1.807, 2.05) is 31.2 Å². The van der Waals surface area contributed by atoms with Crippen LogP contribution in [0.4, 0.5) is 0 Å². The minimum Gasteiger partial charge on any atom is -0.508 e. The SMILES string of the molecule is Cc1cc(C(C)(CCCO)c2ccc(O)cc2)ccc1O. The van der Waals surface area contributed by atoms with Crippen LogP contribution >= 0.6 is 0 Å². The first-order valence-corrected chi connectivity index (χ1v) is 7.18. The Balaban J connectivity index is 2.49. The highest BCUT2D eigenvalue weighted by molar-refractivity contribution is 5.45. The van der Waals surface area contributed by atoms with Crippen LogP contribution in [0.5, 0.6) is 11.5 Å². The summed E-state index contributed by atoms with van der Waals surface area (Å²) in [6.07, 6.45) is 1.48. The number of phenols is 2. The maximum absolute atomic E-state index is 9.72. The molecule has 2 aromatic carbocycles. The molecule has 1 unspecified atom stereocenters. The summed E-state index contributed by atoms with van der Waals surface area (Å²) >= 11 is 0. The normalized spacial score (nSPS) is 13.9. The van der Waals surface area contributed by atoms with Crippen molar-refractivity contribution in [3.05, 3.63) is 59.2 Å². The molecule has 0 fully saturated rings. The predicted molar refractivity (Wildman–Crippen MR) is 83.7 cm³/mol. The van der Waals surface area contributed by atoms with Gasteiger partial charge in [0.05, 0.1) is 0 Å². The maximum Gasteiger partial charge on any atom is 0.118 e. The zero-order valence-electron chi connectivity index (χ0n) is 12.5. The van der Waals surface area contributed by atoms with Gasteiger partial charge >= 0.3 is 0 Å². The molecule has 21 heavy (non-hydrogen) atoms. The van der Waals surface area contributed by atoms with E-state index in [4.69, 9.17) is 0 Å². The van der Waals surface area contributed by atoms with Crippen LogP contribution in [-0.4, -0.2) is 21.9 Å². The second-order valence-electron chi connectivity index (χ2n) is 5.71. The van der Waals surface area contributed by atoms with E-state index in [2.05, 4.69) is 6.92 Å². The monoisotopic (exact) mass is 286 g/mol. The first-order chi connectivity index (χ1) is 9.97. The van der Waals surface area contributed by atoms with Crippen LogP contribution in [0.25, 0.3) is 0 Å². The van der Waals surface area contributed by atoms with Gasteiger partial charge in [0, 0.05) is 12.0 Å². The molecule has 0 radical (unpaired) electrons. The van der Waals surface area contributed by atoms with Gasteiger partial charge in [-0.05, 0) is 54.7 Å². The van der Waals surface area contributed by atoms with E-state index in [-0.39, 0.29) is 23.5 Å². The molecule has 2 rings (SSSR count). The fraction of sp³-hybridized carbons (Fsp3) is 0.333. The molecule has 0 saturated heterocycles. The largest absolute Gasteiger partial charge is 0.508 e. The quantitative estimate of drug-likeness (QED) is 0.788. The number of aryl methyl sites for hydroxylation is 1. The van der Waals surface area contributed by atoms with Gasteiger partial charge in [0.2, 0.25) is 0 Å². The van der Waals surface area contributed by atoms with Gasteiger partial charge in [-0.3, -0.25) is 0 Å². The zero-order valence-corrected chi connectivity index (χ0v) is 12.5. The highest BCUT2D eigenvalue weighted by Crippen LogP contribution is 2.38. The average Bonchev–Trinajstić information content (AvgIpc) is 2.48. The Labute approximate surface area is 125 Å². The minimum absolute atomic E-state index is 0.144. The van der Waals surface area contributed by atoms with Crippen molar-refractivity contribution in [2.75, 3.05) is 6.61 Å². The van der Waals surface area contributed by atoms with E-state index < -0.39 is 0 Å². The summed E-state index contributed by atoms with van der Waals surface area (Å²) in [6.45, 7) is 4.15. The number of aromatic hydroxyl groups is 2. The summed E-state index contributed by atoms with van der Waals surface area (Å²) in [5.41, 5.74) is 2.74. The number of hydrogen-bond donors (Lipinski definition) is 3. The molecular weight excluding hydrogens is 264 g/mol. The Hall–Kier alpha value is -2.00. The molecule has 3 nitrogen and oxygen atoms in total. The number of benzene rings is 2. The van der Waals surface area contributed by atoms with Crippen molar-refractivity contribution in [2.45, 2.75) is 32.1 Å². The third-order valence-electron chi connectivity index (χ3n) is 4.17. The van der Waals surface area contributed by atoms with Crippen molar-refractivity contribution < 1.29 is 15.3 Å². The van der Waals surface area contributed by atoms with E-state index in [1.54, 1.807) is 18.2 Å². The molecule has 0 heterocycles. The molecular formula is C18H22O3. The van der Waals surface area contributed by atoms with Gasteiger partial charge in [0.15, 0.2) is 0 Å². The number of aliphatic hydroxyl groups is 1. The summed E-state index contributed by atoms with van der Waals surface area (Å²) in [4.78, 5) is 0. The zero-order chi connectivity index (χ0) is 15.5. The van der Waals surface area contributed by atoms with Gasteiger partial charge in [0.25, 0.3) is 0 Å². The maximum atomic E-state index is 9.72. The van der Waals surface area contributed by atoms with Gasteiger partial charge in [-0.15, -0.1) is 0 Å². The van der Waals surface area contributed by atoms with E-state index in [0.29, 0.717) is 6.42 Å². The van der Waals surface area contributed by atoms with Crippen LogP contribution in [-0.2, 0) is 5.41 Å². The molecule has 0 aliphatic rings. The third-order valence-corrected chi connectivity index (χ3v) is 4.17. The van der Waals surface area contributed by atoms with E-state index in [0.717, 1.165) is 23.1 Å². The van der Waals surface area contributed by atoms with Gasteiger partial charge in [-0.1, -0.05) is 31.2 Å². The Kier molecular flexibility index (Phi) is 4.53. The van der Waals surface area contributed by atoms with E-state index in [1.165, 1.54) is 0 Å². The molecule has 0 aliphatic heterocycles. The van der Waals surface area contributed by atoms with Crippen molar-refractivity contribution in [3.8, 4) is 11.5 Å². The molecule has 3 N–H and O–H groups in total. The number of rotatable bonds is 5. The molecule has 2 aromatic rings. The lowest BCUT2D eigenvalue weighted by Gasteiger charge is -2.31. The predicted octanol–water partition coefficient (Wildman–Crippen LogP) is 3.48. The van der Waals surface area contributed by atoms with Crippen molar-refractivity contribution in [3.63, 3.8) is 0 Å². The molecule has 0 bridgehead atoms. The lowest BCUT2D eigenvalue weighted by atomic mass is 9.72. The Morgan fingerprint density at radius 2 is 1.57 bits per heavy atom. The summed E-state index contributed by atoms with van der Waals surface area (Å²) in [7, 11) is 0. The van der Waals surface area contributed by atoms with Gasteiger partial charge in [-0.25, -0.2) is 0 Å². The molecule has 3 heteroatoms. The van der Waals surface area contributed by atoms with Crippen molar-refractivity contribution >= 4 is 0 Å². The molecule has 0 aliphatic carbocycles. The fourth-order valence-electron chi connectivity index (χ4n) is 2.72. The summed E-state index contributed by atoms with van der Waals surface area (Å²) < 4.78 is 0. The number of hydrogen-bond acceptors (Lipinski definition) is 3. The van der Waals surface area contributed by atoms with Crippen LogP contribution in [0.2, 0.25) is 0 Å². The molecule has 112 valence electrons. The topological polar surface area (TPSA) is 60.7 Å². The lowest BCUT2D eigenvalue weighted by molar-refractivity contribution is 0.272. The third kappa shape index (κ3) is 3.19. The van der Waals surface area contributed by atoms with Crippen LogP contribution in [0.15, 0.2) is 42.5 Å². The smallest absolute Gasteiger partial charge is 0.118 e. The Bertz CT molecular complexity index is 604. The summed E-state index contributed by atoms with van der Waals surface area (Å²) in [5, 5.41) is 28.4. The standard InChI is InChI=1S/C18H22O3/c1-13-12-15(6-9-17(13)21)18(2,10-3-11-19)14-4-7-16(20)8-5-14/h4-9,12,19-21H,3,10-11H2,1-2H3. The van der Waals surface area contributed by atoms with Crippen molar-refractivity contribution in [1.82, 2.24) is 0 Å². The second kappa shape index (κ2) is 6.19. The van der Waals surface area contributed by atoms with Crippen molar-refractivity contribution in [2.24, 2.45) is 0 Å². The van der Waals surface area contributed by atoms with E-state index >= 15 is 0 Å². The molecule has 0 amide bonds. The number of phenolic OH excluding ortho intramolecular Hbond substituents is 2. The molecule has 0 spiro atoms.